The Morgan fingerprint density at radius 3 is 2.18 bits per heavy atom. The SMILES string of the molecule is O=P1(Cc2ccc(F)cc2)CCN(Cc2ccccc2)CC1. The molecule has 2 nitrogen and oxygen atoms in total. The molecule has 3 rings (SSSR count). The van der Waals surface area contributed by atoms with E-state index in [1.807, 2.05) is 6.07 Å². The molecule has 0 N–H and O–H groups in total. The lowest BCUT2D eigenvalue weighted by Gasteiger charge is -2.32. The molecule has 0 saturated carbocycles. The Labute approximate surface area is 131 Å². The van der Waals surface area contributed by atoms with E-state index in [1.54, 1.807) is 12.1 Å². The Hall–Kier alpha value is -1.44. The van der Waals surface area contributed by atoms with Crippen molar-refractivity contribution in [2.75, 3.05) is 25.4 Å². The molecule has 22 heavy (non-hydrogen) atoms. The Kier molecular flexibility index (Phi) is 4.75. The minimum absolute atomic E-state index is 0.236. The van der Waals surface area contributed by atoms with Crippen molar-refractivity contribution < 1.29 is 8.96 Å². The molecule has 1 aliphatic heterocycles. The summed E-state index contributed by atoms with van der Waals surface area (Å²) in [5.74, 6) is -0.236. The van der Waals surface area contributed by atoms with Crippen LogP contribution < -0.4 is 0 Å². The quantitative estimate of drug-likeness (QED) is 0.788. The van der Waals surface area contributed by atoms with Gasteiger partial charge in [0.25, 0.3) is 0 Å². The molecule has 116 valence electrons. The molecule has 1 fully saturated rings. The Morgan fingerprint density at radius 1 is 0.909 bits per heavy atom. The summed E-state index contributed by atoms with van der Waals surface area (Å²) in [5, 5.41) is 0. The zero-order valence-corrected chi connectivity index (χ0v) is 13.5. The van der Waals surface area contributed by atoms with Gasteiger partial charge in [-0.15, -0.1) is 0 Å². The van der Waals surface area contributed by atoms with Gasteiger partial charge in [0.15, 0.2) is 0 Å². The van der Waals surface area contributed by atoms with E-state index in [4.69, 9.17) is 0 Å². The van der Waals surface area contributed by atoms with Crippen LogP contribution in [0.3, 0.4) is 0 Å². The van der Waals surface area contributed by atoms with Crippen molar-refractivity contribution in [2.24, 2.45) is 0 Å². The lowest BCUT2D eigenvalue weighted by molar-refractivity contribution is 0.286. The van der Waals surface area contributed by atoms with E-state index in [0.29, 0.717) is 6.16 Å². The molecule has 0 amide bonds. The summed E-state index contributed by atoms with van der Waals surface area (Å²) in [6.45, 7) is 2.69. The van der Waals surface area contributed by atoms with Crippen LogP contribution in [0.2, 0.25) is 0 Å². The van der Waals surface area contributed by atoms with Gasteiger partial charge in [-0.25, -0.2) is 4.39 Å². The second-order valence-electron chi connectivity index (χ2n) is 6.05. The topological polar surface area (TPSA) is 20.3 Å². The fraction of sp³-hybridized carbons (Fsp3) is 0.333. The van der Waals surface area contributed by atoms with Gasteiger partial charge < -0.3 is 4.57 Å². The molecular formula is C18H21FNOP. The van der Waals surface area contributed by atoms with Crippen LogP contribution in [0.4, 0.5) is 4.39 Å². The third-order valence-corrected chi connectivity index (χ3v) is 7.25. The monoisotopic (exact) mass is 317 g/mol. The van der Waals surface area contributed by atoms with Crippen LogP contribution in [-0.4, -0.2) is 30.3 Å². The van der Waals surface area contributed by atoms with Crippen LogP contribution in [0.15, 0.2) is 54.6 Å². The van der Waals surface area contributed by atoms with Crippen molar-refractivity contribution in [3.63, 3.8) is 0 Å². The molecule has 4 heteroatoms. The number of hydrogen-bond acceptors (Lipinski definition) is 2. The highest BCUT2D eigenvalue weighted by molar-refractivity contribution is 7.63. The summed E-state index contributed by atoms with van der Waals surface area (Å²) < 4.78 is 25.9. The molecular weight excluding hydrogens is 296 g/mol. The number of rotatable bonds is 4. The Bertz CT molecular complexity index is 645. The van der Waals surface area contributed by atoms with Crippen LogP contribution in [-0.2, 0) is 17.3 Å². The van der Waals surface area contributed by atoms with E-state index in [2.05, 4.69) is 29.2 Å². The van der Waals surface area contributed by atoms with Crippen LogP contribution in [0.5, 0.6) is 0 Å². The maximum absolute atomic E-state index is 13.0. The van der Waals surface area contributed by atoms with E-state index < -0.39 is 7.14 Å². The second-order valence-corrected chi connectivity index (χ2v) is 9.38. The van der Waals surface area contributed by atoms with E-state index >= 15 is 0 Å². The first-order valence-corrected chi connectivity index (χ1v) is 9.97. The van der Waals surface area contributed by atoms with Crippen molar-refractivity contribution in [3.05, 3.63) is 71.5 Å². The maximum atomic E-state index is 13.0. The molecule has 1 heterocycles. The fourth-order valence-electron chi connectivity index (χ4n) is 2.95. The smallest absolute Gasteiger partial charge is 0.123 e. The highest BCUT2D eigenvalue weighted by Crippen LogP contribution is 2.50. The van der Waals surface area contributed by atoms with E-state index in [-0.39, 0.29) is 5.82 Å². The fourth-order valence-corrected chi connectivity index (χ4v) is 5.66. The van der Waals surface area contributed by atoms with Gasteiger partial charge in [-0.1, -0.05) is 42.5 Å². The lowest BCUT2D eigenvalue weighted by atomic mass is 10.2. The van der Waals surface area contributed by atoms with Crippen LogP contribution in [0.25, 0.3) is 0 Å². The summed E-state index contributed by atoms with van der Waals surface area (Å²) in [7, 11) is -2.16. The van der Waals surface area contributed by atoms with Crippen molar-refractivity contribution in [2.45, 2.75) is 12.7 Å². The van der Waals surface area contributed by atoms with E-state index in [1.165, 1.54) is 17.7 Å². The molecule has 2 aromatic carbocycles. The van der Waals surface area contributed by atoms with Gasteiger partial charge >= 0.3 is 0 Å². The molecule has 0 aliphatic carbocycles. The second kappa shape index (κ2) is 6.76. The molecule has 2 aromatic rings. The zero-order chi connectivity index (χ0) is 15.4. The molecule has 1 aliphatic rings. The Morgan fingerprint density at radius 2 is 1.55 bits per heavy atom. The standard InChI is InChI=1S/C18H21FNOP/c19-18-8-6-17(7-9-18)15-22(21)12-10-20(11-13-22)14-16-4-2-1-3-5-16/h1-9H,10-15H2. The molecule has 0 aromatic heterocycles. The van der Waals surface area contributed by atoms with E-state index in [9.17, 15) is 8.96 Å². The van der Waals surface area contributed by atoms with E-state index in [0.717, 1.165) is 37.5 Å². The number of halogens is 1. The van der Waals surface area contributed by atoms with Gasteiger partial charge in [-0.2, -0.15) is 0 Å². The molecule has 0 bridgehead atoms. The van der Waals surface area contributed by atoms with Crippen molar-refractivity contribution in [1.29, 1.82) is 0 Å². The van der Waals surface area contributed by atoms with Gasteiger partial charge in [-0.05, 0) is 23.3 Å². The predicted octanol–water partition coefficient (Wildman–Crippen LogP) is 4.20. The molecule has 0 atom stereocenters. The predicted molar refractivity (Wildman–Crippen MR) is 89.2 cm³/mol. The normalized spacial score (nSPS) is 18.2. The Balaban J connectivity index is 1.56. The summed E-state index contributed by atoms with van der Waals surface area (Å²) in [5.41, 5.74) is 2.29. The first kappa shape index (κ1) is 15.5. The van der Waals surface area contributed by atoms with Crippen molar-refractivity contribution in [1.82, 2.24) is 4.90 Å². The number of nitrogens with zero attached hydrogens (tertiary/aromatic N) is 1. The van der Waals surface area contributed by atoms with Crippen LogP contribution in [0.1, 0.15) is 11.1 Å². The maximum Gasteiger partial charge on any atom is 0.123 e. The largest absolute Gasteiger partial charge is 0.323 e. The zero-order valence-electron chi connectivity index (χ0n) is 12.6. The number of benzene rings is 2. The van der Waals surface area contributed by atoms with Crippen LogP contribution >= 0.6 is 7.14 Å². The molecule has 0 spiro atoms. The highest BCUT2D eigenvalue weighted by Gasteiger charge is 2.28. The summed E-state index contributed by atoms with van der Waals surface area (Å²) in [6, 6.07) is 16.8. The summed E-state index contributed by atoms with van der Waals surface area (Å²) >= 11 is 0. The van der Waals surface area contributed by atoms with Crippen molar-refractivity contribution >= 4 is 7.14 Å². The van der Waals surface area contributed by atoms with Gasteiger partial charge in [0.1, 0.15) is 5.82 Å². The summed E-state index contributed by atoms with van der Waals surface area (Å²) in [4.78, 5) is 2.37. The minimum atomic E-state index is -2.16. The van der Waals surface area contributed by atoms with Gasteiger partial charge in [-0.3, -0.25) is 4.90 Å². The minimum Gasteiger partial charge on any atom is -0.323 e. The molecule has 0 radical (unpaired) electrons. The third-order valence-electron chi connectivity index (χ3n) is 4.28. The molecule has 0 unspecified atom stereocenters. The van der Waals surface area contributed by atoms with Gasteiger partial charge in [0, 0.05) is 38.1 Å². The lowest BCUT2D eigenvalue weighted by Crippen LogP contribution is -2.34. The van der Waals surface area contributed by atoms with Crippen molar-refractivity contribution in [3.8, 4) is 0 Å². The van der Waals surface area contributed by atoms with Gasteiger partial charge in [0.05, 0.1) is 7.14 Å². The first-order valence-electron chi connectivity index (χ1n) is 7.71. The molecule has 1 saturated heterocycles. The highest BCUT2D eigenvalue weighted by atomic mass is 31.2. The first-order chi connectivity index (χ1) is 10.6. The van der Waals surface area contributed by atoms with Gasteiger partial charge in [0.2, 0.25) is 0 Å². The van der Waals surface area contributed by atoms with Crippen LogP contribution in [0, 0.1) is 5.82 Å². The third kappa shape index (κ3) is 4.06. The average molecular weight is 317 g/mol. The number of hydrogen-bond donors (Lipinski definition) is 0. The average Bonchev–Trinajstić information content (AvgIpc) is 2.53. The summed E-state index contributed by atoms with van der Waals surface area (Å²) in [6.07, 6.45) is 2.13.